The summed E-state index contributed by atoms with van der Waals surface area (Å²) in [7, 11) is 0. The van der Waals surface area contributed by atoms with Gasteiger partial charge in [0.15, 0.2) is 0 Å². The quantitative estimate of drug-likeness (QED) is 0.589. The topological polar surface area (TPSA) is 0 Å². The van der Waals surface area contributed by atoms with Crippen LogP contribution in [0.3, 0.4) is 0 Å². The Hall–Kier alpha value is 2.02. The molecule has 0 aliphatic carbocycles. The van der Waals surface area contributed by atoms with Crippen LogP contribution in [0.2, 0.25) is 0 Å². The molecular formula is C2H3Br3Cl2. The molecule has 0 spiro atoms. The second kappa shape index (κ2) is 10.9. The van der Waals surface area contributed by atoms with Gasteiger partial charge in [-0.25, -0.2) is 0 Å². The molecule has 0 aromatic carbocycles. The normalized spacial score (nSPS) is 7.71. The molecule has 0 amide bonds. The molecule has 0 aliphatic heterocycles. The first-order valence-electron chi connectivity index (χ1n) is 1.19. The van der Waals surface area contributed by atoms with E-state index in [1.165, 1.54) is 0 Å². The fraction of sp³-hybridized carbons (Fsp3) is 1.00. The van der Waals surface area contributed by atoms with Crippen LogP contribution in [0.1, 0.15) is 0 Å². The lowest BCUT2D eigenvalue weighted by molar-refractivity contribution is 2.20. The van der Waals surface area contributed by atoms with Crippen molar-refractivity contribution in [2.75, 3.05) is 5.34 Å². The molecule has 0 saturated carbocycles. The molecule has 46 valence electrons. The summed E-state index contributed by atoms with van der Waals surface area (Å²) in [6.07, 6.45) is 0. The first-order chi connectivity index (χ1) is 3.15. The minimum Gasteiger partial charge on any atom is -0.109 e. The summed E-state index contributed by atoms with van der Waals surface area (Å²) < 4.78 is 0.271. The van der Waals surface area contributed by atoms with E-state index in [-0.39, 0.29) is 7.98 Å². The molecule has 0 radical (unpaired) electrons. The predicted octanol–water partition coefficient (Wildman–Crippen LogP) is 3.88. The van der Waals surface area contributed by atoms with Gasteiger partial charge in [-0.15, -0.1) is 23.2 Å². The summed E-state index contributed by atoms with van der Waals surface area (Å²) >= 11 is 18.8. The average Bonchev–Trinajstić information content (AvgIpc) is 1.33. The van der Waals surface area contributed by atoms with Gasteiger partial charge in [0.2, 0.25) is 0 Å². The summed E-state index contributed by atoms with van der Waals surface area (Å²) in [5, 5.41) is 0.194. The van der Waals surface area contributed by atoms with Crippen molar-refractivity contribution in [3.63, 3.8) is 0 Å². The van der Waals surface area contributed by atoms with Gasteiger partial charge in [0.25, 0.3) is 0 Å². The molecular weight excluding hydrogens is 335 g/mol. The van der Waals surface area contributed by atoms with E-state index in [9.17, 15) is 0 Å². The maximum absolute atomic E-state index is 4.76. The van der Waals surface area contributed by atoms with Crippen molar-refractivity contribution in [1.82, 2.24) is 0 Å². The Morgan fingerprint density at radius 1 is 1.14 bits per heavy atom. The van der Waals surface area contributed by atoms with Gasteiger partial charge in [-0.2, -0.15) is 0 Å². The molecule has 0 fully saturated rings. The largest absolute Gasteiger partial charge is 0.124 e. The smallest absolute Gasteiger partial charge is 0.109 e. The van der Waals surface area contributed by atoms with Crippen LogP contribution in [0.15, 0.2) is 0 Å². The Bertz CT molecular complexity index is 22.1. The first kappa shape index (κ1) is 11.8. The fourth-order valence-electron chi connectivity index (χ4n) is 0. The summed E-state index contributed by atoms with van der Waals surface area (Å²) in [6, 6.07) is 0. The molecule has 0 atom stereocenters. The van der Waals surface area contributed by atoms with Gasteiger partial charge < -0.3 is 0 Å². The molecule has 0 saturated heterocycles. The van der Waals surface area contributed by atoms with Crippen LogP contribution in [0.25, 0.3) is 0 Å². The Labute approximate surface area is 78.3 Å². The number of halogens is 5. The van der Waals surface area contributed by atoms with E-state index < -0.39 is 0 Å². The zero-order chi connectivity index (χ0) is 6.28. The van der Waals surface area contributed by atoms with Crippen LogP contribution in [0, 0.1) is 0 Å². The number of alkyl halides is 5. The summed E-state index contributed by atoms with van der Waals surface area (Å²) in [5.41, 5.74) is 0. The van der Waals surface area contributed by atoms with Crippen LogP contribution < -0.4 is 0 Å². The third kappa shape index (κ3) is 71.2. The average molecular weight is 338 g/mol. The molecule has 0 N–H and O–H groups in total. The lowest BCUT2D eigenvalue weighted by Gasteiger charge is -1.70. The van der Waals surface area contributed by atoms with Gasteiger partial charge in [-0.05, 0) is 0 Å². The Morgan fingerprint density at radius 2 is 1.14 bits per heavy atom. The van der Waals surface area contributed by atoms with Crippen molar-refractivity contribution in [3.05, 3.63) is 0 Å². The number of hydrogen-bond acceptors (Lipinski definition) is 0. The van der Waals surface area contributed by atoms with Crippen molar-refractivity contribution in [1.29, 1.82) is 0 Å². The third-order valence-corrected chi connectivity index (χ3v) is 0. The molecule has 0 unspecified atom stereocenters. The van der Waals surface area contributed by atoms with Gasteiger partial charge in [-0.1, -0.05) is 47.8 Å². The second-order valence-corrected chi connectivity index (χ2v) is 7.59. The van der Waals surface area contributed by atoms with Crippen molar-refractivity contribution in [2.24, 2.45) is 0 Å². The summed E-state index contributed by atoms with van der Waals surface area (Å²) in [5.74, 6) is 0. The highest BCUT2D eigenvalue weighted by Crippen LogP contribution is 2.13. The minimum absolute atomic E-state index is 0.194. The fourth-order valence-corrected chi connectivity index (χ4v) is 0. The SMILES string of the molecule is BrC(Br)Br.ClCCl. The highest BCUT2D eigenvalue weighted by molar-refractivity contribution is 9.38. The molecule has 0 aromatic heterocycles. The standard InChI is InChI=1S/CHBr3.CH2Cl2/c2-1(3)4;2-1-3/h1H;1H2. The lowest BCUT2D eigenvalue weighted by Crippen LogP contribution is -1.49. The molecule has 5 heteroatoms. The maximum atomic E-state index is 4.76. The van der Waals surface area contributed by atoms with Crippen LogP contribution in [-0.4, -0.2) is 7.98 Å². The Kier molecular flexibility index (Phi) is 18.3. The molecule has 0 heterocycles. The molecule has 0 aromatic rings. The number of rotatable bonds is 0. The predicted molar refractivity (Wildman–Crippen MR) is 47.1 cm³/mol. The highest BCUT2D eigenvalue weighted by atomic mass is 80.0. The van der Waals surface area contributed by atoms with E-state index in [2.05, 4.69) is 47.8 Å². The summed E-state index contributed by atoms with van der Waals surface area (Å²) in [4.78, 5) is 0. The third-order valence-electron chi connectivity index (χ3n) is 0. The van der Waals surface area contributed by atoms with Crippen molar-refractivity contribution in [2.45, 2.75) is 2.65 Å². The maximum Gasteiger partial charge on any atom is 0.124 e. The van der Waals surface area contributed by atoms with Crippen LogP contribution in [0.4, 0.5) is 0 Å². The van der Waals surface area contributed by atoms with Crippen molar-refractivity contribution >= 4 is 71.0 Å². The molecule has 0 aliphatic rings. The van der Waals surface area contributed by atoms with E-state index in [1.807, 2.05) is 0 Å². The Morgan fingerprint density at radius 3 is 1.14 bits per heavy atom. The van der Waals surface area contributed by atoms with Gasteiger partial charge >= 0.3 is 0 Å². The van der Waals surface area contributed by atoms with Gasteiger partial charge in [0.05, 0.1) is 5.34 Å². The van der Waals surface area contributed by atoms with Gasteiger partial charge in [0.1, 0.15) is 2.65 Å². The Balaban J connectivity index is 0. The first-order valence-corrected chi connectivity index (χ1v) is 5.01. The molecule has 0 nitrogen and oxygen atoms in total. The van der Waals surface area contributed by atoms with Crippen LogP contribution in [-0.2, 0) is 0 Å². The van der Waals surface area contributed by atoms with E-state index in [0.717, 1.165) is 0 Å². The van der Waals surface area contributed by atoms with E-state index in [0.29, 0.717) is 0 Å². The highest BCUT2D eigenvalue weighted by Gasteiger charge is 1.77. The van der Waals surface area contributed by atoms with Crippen LogP contribution in [0.5, 0.6) is 0 Å². The minimum atomic E-state index is 0.194. The number of hydrogen-bond donors (Lipinski definition) is 0. The molecule has 0 bridgehead atoms. The van der Waals surface area contributed by atoms with E-state index >= 15 is 0 Å². The van der Waals surface area contributed by atoms with Crippen molar-refractivity contribution < 1.29 is 0 Å². The van der Waals surface area contributed by atoms with E-state index in [4.69, 9.17) is 23.2 Å². The molecule has 0 rings (SSSR count). The monoisotopic (exact) mass is 334 g/mol. The second-order valence-electron chi connectivity index (χ2n) is 0.348. The summed E-state index contributed by atoms with van der Waals surface area (Å²) in [6.45, 7) is 0. The van der Waals surface area contributed by atoms with Gasteiger partial charge in [0, 0.05) is 0 Å². The van der Waals surface area contributed by atoms with E-state index in [1.54, 1.807) is 0 Å². The zero-order valence-corrected chi connectivity index (χ0v) is 9.44. The van der Waals surface area contributed by atoms with Gasteiger partial charge in [-0.3, -0.25) is 0 Å². The zero-order valence-electron chi connectivity index (χ0n) is 3.17. The lowest BCUT2D eigenvalue weighted by atomic mass is 11.9. The van der Waals surface area contributed by atoms with Crippen LogP contribution >= 0.6 is 71.0 Å². The van der Waals surface area contributed by atoms with Crippen molar-refractivity contribution in [3.8, 4) is 0 Å². The molecule has 7 heavy (non-hydrogen) atoms.